The highest BCUT2D eigenvalue weighted by molar-refractivity contribution is 5.76. The van der Waals surface area contributed by atoms with Gasteiger partial charge in [-0.05, 0) is 56.7 Å². The van der Waals surface area contributed by atoms with Crippen LogP contribution >= 0.6 is 0 Å². The molecular formula is C26H31F2N3O3. The first kappa shape index (κ1) is 24.0. The van der Waals surface area contributed by atoms with E-state index < -0.39 is 29.4 Å². The molecule has 6 nitrogen and oxygen atoms in total. The second kappa shape index (κ2) is 9.60. The minimum Gasteiger partial charge on any atom is -0.444 e. The number of alkyl carbamates (subject to hydrolysis) is 1. The van der Waals surface area contributed by atoms with Crippen molar-refractivity contribution in [1.29, 1.82) is 0 Å². The van der Waals surface area contributed by atoms with Crippen molar-refractivity contribution >= 4 is 12.1 Å². The van der Waals surface area contributed by atoms with Crippen LogP contribution in [-0.2, 0) is 11.2 Å². The Bertz CT molecular complexity index is 1070. The zero-order chi connectivity index (χ0) is 24.5. The number of amides is 3. The maximum absolute atomic E-state index is 14.9. The molecule has 182 valence electrons. The molecule has 1 N–H and O–H groups in total. The zero-order valence-corrected chi connectivity index (χ0v) is 19.8. The monoisotopic (exact) mass is 471 g/mol. The van der Waals surface area contributed by atoms with Gasteiger partial charge in [0.2, 0.25) is 0 Å². The quantitative estimate of drug-likeness (QED) is 0.694. The molecule has 0 spiro atoms. The number of hydrogen-bond acceptors (Lipinski definition) is 3. The van der Waals surface area contributed by atoms with Crippen LogP contribution in [0.4, 0.5) is 18.4 Å². The number of carbonyl (C=O) groups is 2. The van der Waals surface area contributed by atoms with E-state index in [0.717, 1.165) is 23.6 Å². The van der Waals surface area contributed by atoms with Crippen LogP contribution in [0, 0.1) is 17.6 Å². The van der Waals surface area contributed by atoms with Gasteiger partial charge in [0, 0.05) is 37.8 Å². The van der Waals surface area contributed by atoms with E-state index in [1.807, 2.05) is 24.3 Å². The lowest BCUT2D eigenvalue weighted by Crippen LogP contribution is -2.47. The van der Waals surface area contributed by atoms with Crippen molar-refractivity contribution in [1.82, 2.24) is 15.1 Å². The van der Waals surface area contributed by atoms with Crippen LogP contribution in [0.5, 0.6) is 0 Å². The predicted octanol–water partition coefficient (Wildman–Crippen LogP) is 4.88. The minimum atomic E-state index is -0.666. The van der Waals surface area contributed by atoms with E-state index in [1.54, 1.807) is 30.6 Å². The fraction of sp³-hybridized carbons (Fsp3) is 0.462. The first-order valence-electron chi connectivity index (χ1n) is 11.7. The van der Waals surface area contributed by atoms with Gasteiger partial charge >= 0.3 is 12.1 Å². The normalized spacial score (nSPS) is 20.1. The molecule has 0 radical (unpaired) electrons. The number of ether oxygens (including phenoxy) is 1. The SMILES string of the molecule is CC(C)(C)OC(=O)NC[C@H]1CCN(C(=O)N2CCc3ccccc3C2c2ccc(F)cc2F)C1. The van der Waals surface area contributed by atoms with E-state index in [4.69, 9.17) is 4.74 Å². The third-order valence-electron chi connectivity index (χ3n) is 6.28. The maximum atomic E-state index is 14.9. The van der Waals surface area contributed by atoms with Gasteiger partial charge in [0.1, 0.15) is 17.2 Å². The molecule has 4 rings (SSSR count). The Morgan fingerprint density at radius 3 is 2.59 bits per heavy atom. The summed E-state index contributed by atoms with van der Waals surface area (Å²) in [5, 5.41) is 2.78. The number of fused-ring (bicyclic) bond motifs is 1. The number of rotatable bonds is 3. The van der Waals surface area contributed by atoms with E-state index in [9.17, 15) is 18.4 Å². The number of benzene rings is 2. The number of hydrogen-bond donors (Lipinski definition) is 1. The lowest BCUT2D eigenvalue weighted by atomic mass is 9.88. The van der Waals surface area contributed by atoms with Crippen molar-refractivity contribution in [2.24, 2.45) is 5.92 Å². The van der Waals surface area contributed by atoms with Crippen molar-refractivity contribution in [3.8, 4) is 0 Å². The van der Waals surface area contributed by atoms with Gasteiger partial charge in [0.25, 0.3) is 0 Å². The molecule has 0 saturated carbocycles. The molecule has 1 saturated heterocycles. The van der Waals surface area contributed by atoms with Crippen LogP contribution in [0.3, 0.4) is 0 Å². The van der Waals surface area contributed by atoms with Gasteiger partial charge in [-0.25, -0.2) is 18.4 Å². The predicted molar refractivity (Wildman–Crippen MR) is 124 cm³/mol. The Morgan fingerprint density at radius 1 is 1.09 bits per heavy atom. The standard InChI is InChI=1S/C26H31F2N3O3/c1-26(2,3)34-24(32)29-15-17-10-12-30(16-17)25(33)31-13-11-18-6-4-5-7-20(18)23(31)21-9-8-19(27)14-22(21)28/h4-9,14,17,23H,10-13,15-16H2,1-3H3,(H,29,32)/t17-,23?/m1/s1. The number of halogens is 2. The average molecular weight is 472 g/mol. The van der Waals surface area contributed by atoms with Gasteiger partial charge < -0.3 is 19.9 Å². The largest absolute Gasteiger partial charge is 0.444 e. The van der Waals surface area contributed by atoms with E-state index >= 15 is 0 Å². The number of carbonyl (C=O) groups excluding carboxylic acids is 2. The van der Waals surface area contributed by atoms with Gasteiger partial charge in [-0.1, -0.05) is 30.3 Å². The molecule has 3 amide bonds. The topological polar surface area (TPSA) is 61.9 Å². The number of nitrogens with zero attached hydrogens (tertiary/aromatic N) is 2. The minimum absolute atomic E-state index is 0.106. The second-order valence-corrected chi connectivity index (χ2v) is 9.98. The molecule has 0 aromatic heterocycles. The zero-order valence-electron chi connectivity index (χ0n) is 19.8. The molecular weight excluding hydrogens is 440 g/mol. The Balaban J connectivity index is 1.49. The van der Waals surface area contributed by atoms with Crippen LogP contribution in [-0.4, -0.2) is 53.7 Å². The first-order chi connectivity index (χ1) is 16.1. The van der Waals surface area contributed by atoms with E-state index in [2.05, 4.69) is 5.32 Å². The van der Waals surface area contributed by atoms with E-state index in [1.165, 1.54) is 12.1 Å². The summed E-state index contributed by atoms with van der Waals surface area (Å²) in [4.78, 5) is 29.0. The summed E-state index contributed by atoms with van der Waals surface area (Å²) < 4.78 is 33.7. The summed E-state index contributed by atoms with van der Waals surface area (Å²) in [5.41, 5.74) is 1.62. The van der Waals surface area contributed by atoms with Gasteiger partial charge in [-0.3, -0.25) is 0 Å². The molecule has 2 aromatic rings. The highest BCUT2D eigenvalue weighted by Crippen LogP contribution is 2.37. The number of urea groups is 1. The van der Waals surface area contributed by atoms with Crippen molar-refractivity contribution in [2.75, 3.05) is 26.2 Å². The lowest BCUT2D eigenvalue weighted by Gasteiger charge is -2.39. The third-order valence-corrected chi connectivity index (χ3v) is 6.28. The molecule has 2 atom stereocenters. The molecule has 0 bridgehead atoms. The van der Waals surface area contributed by atoms with E-state index in [0.29, 0.717) is 32.6 Å². The Hall–Kier alpha value is -3.16. The molecule has 8 heteroatoms. The van der Waals surface area contributed by atoms with Gasteiger partial charge in [0.05, 0.1) is 6.04 Å². The molecule has 1 unspecified atom stereocenters. The smallest absolute Gasteiger partial charge is 0.407 e. The second-order valence-electron chi connectivity index (χ2n) is 9.98. The van der Waals surface area contributed by atoms with Crippen LogP contribution in [0.15, 0.2) is 42.5 Å². The molecule has 2 heterocycles. The molecule has 2 aliphatic heterocycles. The summed E-state index contributed by atoms with van der Waals surface area (Å²) in [6, 6.07) is 10.4. The molecule has 34 heavy (non-hydrogen) atoms. The van der Waals surface area contributed by atoms with Crippen molar-refractivity contribution in [2.45, 2.75) is 45.3 Å². The molecule has 2 aromatic carbocycles. The fourth-order valence-corrected chi connectivity index (χ4v) is 4.73. The lowest BCUT2D eigenvalue weighted by molar-refractivity contribution is 0.0520. The maximum Gasteiger partial charge on any atom is 0.407 e. The highest BCUT2D eigenvalue weighted by atomic mass is 19.1. The van der Waals surface area contributed by atoms with Crippen molar-refractivity contribution in [3.05, 3.63) is 70.8 Å². The molecule has 2 aliphatic rings. The Kier molecular flexibility index (Phi) is 6.77. The van der Waals surface area contributed by atoms with Gasteiger partial charge in [-0.2, -0.15) is 0 Å². The van der Waals surface area contributed by atoms with Crippen molar-refractivity contribution < 1.29 is 23.1 Å². The van der Waals surface area contributed by atoms with Crippen LogP contribution in [0.25, 0.3) is 0 Å². The van der Waals surface area contributed by atoms with Crippen LogP contribution < -0.4 is 5.32 Å². The number of nitrogens with one attached hydrogen (secondary N) is 1. The third kappa shape index (κ3) is 5.32. The Labute approximate surface area is 198 Å². The van der Waals surface area contributed by atoms with Crippen LogP contribution in [0.1, 0.15) is 49.9 Å². The fourth-order valence-electron chi connectivity index (χ4n) is 4.73. The summed E-state index contributed by atoms with van der Waals surface area (Å²) in [5.74, 6) is -1.21. The number of likely N-dealkylation sites (tertiary alicyclic amines) is 1. The summed E-state index contributed by atoms with van der Waals surface area (Å²) in [7, 11) is 0. The van der Waals surface area contributed by atoms with Crippen molar-refractivity contribution in [3.63, 3.8) is 0 Å². The first-order valence-corrected chi connectivity index (χ1v) is 11.7. The summed E-state index contributed by atoms with van der Waals surface area (Å²) in [6.45, 7) is 7.31. The van der Waals surface area contributed by atoms with Gasteiger partial charge in [-0.15, -0.1) is 0 Å². The average Bonchev–Trinajstić information content (AvgIpc) is 3.25. The van der Waals surface area contributed by atoms with Gasteiger partial charge in [0.15, 0.2) is 0 Å². The Morgan fingerprint density at radius 2 is 1.85 bits per heavy atom. The molecule has 1 fully saturated rings. The molecule has 0 aliphatic carbocycles. The van der Waals surface area contributed by atoms with Crippen LogP contribution in [0.2, 0.25) is 0 Å². The summed E-state index contributed by atoms with van der Waals surface area (Å²) in [6.07, 6.45) is 0.942. The van der Waals surface area contributed by atoms with E-state index in [-0.39, 0.29) is 17.5 Å². The highest BCUT2D eigenvalue weighted by Gasteiger charge is 2.38. The summed E-state index contributed by atoms with van der Waals surface area (Å²) >= 11 is 0.